The summed E-state index contributed by atoms with van der Waals surface area (Å²) in [5.41, 5.74) is 0.868. The van der Waals surface area contributed by atoms with E-state index in [1.165, 1.54) is 17.4 Å². The summed E-state index contributed by atoms with van der Waals surface area (Å²) in [5.74, 6) is -0.262. The molecule has 0 fully saturated rings. The smallest absolute Gasteiger partial charge is 0.137 e. The molecule has 0 saturated carbocycles. The van der Waals surface area contributed by atoms with Crippen LogP contribution in [-0.2, 0) is 0 Å². The van der Waals surface area contributed by atoms with E-state index >= 15 is 0 Å². The van der Waals surface area contributed by atoms with E-state index in [1.807, 2.05) is 19.1 Å². The molecule has 102 valence electrons. The van der Waals surface area contributed by atoms with Crippen molar-refractivity contribution in [1.29, 1.82) is 0 Å². The van der Waals surface area contributed by atoms with Crippen molar-refractivity contribution in [1.82, 2.24) is 5.32 Å². The Morgan fingerprint density at radius 2 is 2.16 bits per heavy atom. The highest BCUT2D eigenvalue weighted by Gasteiger charge is 2.20. The van der Waals surface area contributed by atoms with Crippen LogP contribution >= 0.6 is 54.8 Å². The Balaban J connectivity index is 2.48. The molecule has 0 saturated heterocycles. The van der Waals surface area contributed by atoms with Gasteiger partial charge in [0.05, 0.1) is 10.5 Å². The summed E-state index contributed by atoms with van der Waals surface area (Å²) in [6.07, 6.45) is 0. The van der Waals surface area contributed by atoms with Gasteiger partial charge in [-0.2, -0.15) is 0 Å². The monoisotopic (exact) mass is 425 g/mol. The third-order valence-corrected chi connectivity index (χ3v) is 6.03. The van der Waals surface area contributed by atoms with E-state index in [-0.39, 0.29) is 11.9 Å². The Morgan fingerprint density at radius 3 is 2.74 bits per heavy atom. The highest BCUT2D eigenvalue weighted by Crippen LogP contribution is 2.39. The molecule has 0 spiro atoms. The largest absolute Gasteiger partial charge is 0.306 e. The van der Waals surface area contributed by atoms with Gasteiger partial charge in [0.15, 0.2) is 0 Å². The van der Waals surface area contributed by atoms with Gasteiger partial charge in [0.25, 0.3) is 0 Å². The minimum Gasteiger partial charge on any atom is -0.306 e. The minimum absolute atomic E-state index is 0.0797. The predicted octanol–water partition coefficient (Wildman–Crippen LogP) is 5.76. The van der Waals surface area contributed by atoms with E-state index in [4.69, 9.17) is 11.6 Å². The topological polar surface area (TPSA) is 12.0 Å². The van der Waals surface area contributed by atoms with Crippen molar-refractivity contribution in [2.45, 2.75) is 13.0 Å². The number of halogens is 4. The van der Waals surface area contributed by atoms with E-state index < -0.39 is 0 Å². The normalized spacial score (nSPS) is 12.7. The first-order chi connectivity index (χ1) is 9.04. The summed E-state index contributed by atoms with van der Waals surface area (Å²) in [4.78, 5) is 1.05. The van der Waals surface area contributed by atoms with Crippen molar-refractivity contribution in [2.24, 2.45) is 0 Å². The second-order valence-electron chi connectivity index (χ2n) is 3.90. The number of benzene rings is 1. The molecule has 2 rings (SSSR count). The fraction of sp³-hybridized carbons (Fsp3) is 0.231. The van der Waals surface area contributed by atoms with Crippen LogP contribution in [0.2, 0.25) is 4.34 Å². The van der Waals surface area contributed by atoms with Crippen molar-refractivity contribution < 1.29 is 4.39 Å². The molecule has 0 radical (unpaired) electrons. The zero-order chi connectivity index (χ0) is 14.0. The van der Waals surface area contributed by atoms with Gasteiger partial charge < -0.3 is 5.32 Å². The summed E-state index contributed by atoms with van der Waals surface area (Å²) >= 11 is 14.3. The average Bonchev–Trinajstić information content (AvgIpc) is 2.70. The van der Waals surface area contributed by atoms with Crippen molar-refractivity contribution in [3.05, 3.63) is 53.8 Å². The van der Waals surface area contributed by atoms with Gasteiger partial charge in [0.1, 0.15) is 10.2 Å². The van der Waals surface area contributed by atoms with Gasteiger partial charge in [-0.1, -0.05) is 30.7 Å². The average molecular weight is 428 g/mol. The molecule has 1 aromatic carbocycles. The predicted molar refractivity (Wildman–Crippen MR) is 86.6 cm³/mol. The van der Waals surface area contributed by atoms with Gasteiger partial charge >= 0.3 is 0 Å². The molecule has 1 heterocycles. The van der Waals surface area contributed by atoms with Crippen molar-refractivity contribution in [2.75, 3.05) is 6.54 Å². The van der Waals surface area contributed by atoms with Crippen LogP contribution in [0.25, 0.3) is 0 Å². The van der Waals surface area contributed by atoms with Gasteiger partial charge in [-0.05, 0) is 56.1 Å². The molecule has 0 bridgehead atoms. The highest BCUT2D eigenvalue weighted by molar-refractivity contribution is 9.10. The van der Waals surface area contributed by atoms with Gasteiger partial charge in [0, 0.05) is 9.35 Å². The lowest BCUT2D eigenvalue weighted by molar-refractivity contribution is 0.599. The number of hydrogen-bond donors (Lipinski definition) is 1. The first-order valence-electron chi connectivity index (χ1n) is 5.66. The minimum atomic E-state index is -0.262. The summed E-state index contributed by atoms with van der Waals surface area (Å²) in [6, 6.07) is 6.95. The Morgan fingerprint density at radius 1 is 1.42 bits per heavy atom. The van der Waals surface area contributed by atoms with Gasteiger partial charge in [-0.25, -0.2) is 4.39 Å². The fourth-order valence-corrected chi connectivity index (χ4v) is 4.14. The molecule has 0 aliphatic heterocycles. The molecule has 2 aromatic rings. The maximum atomic E-state index is 13.7. The van der Waals surface area contributed by atoms with Crippen LogP contribution in [0.4, 0.5) is 4.39 Å². The molecule has 19 heavy (non-hydrogen) atoms. The van der Waals surface area contributed by atoms with Crippen molar-refractivity contribution in [3.63, 3.8) is 0 Å². The van der Waals surface area contributed by atoms with E-state index in [0.29, 0.717) is 8.81 Å². The molecule has 1 N–H and O–H groups in total. The van der Waals surface area contributed by atoms with Crippen LogP contribution in [0, 0.1) is 5.82 Å². The van der Waals surface area contributed by atoms with E-state index in [1.54, 1.807) is 6.07 Å². The van der Waals surface area contributed by atoms with Gasteiger partial charge in [-0.3, -0.25) is 0 Å². The Labute approximate surface area is 137 Å². The van der Waals surface area contributed by atoms with E-state index in [0.717, 1.165) is 21.5 Å². The molecule has 1 unspecified atom stereocenters. The molecule has 0 amide bonds. The zero-order valence-electron chi connectivity index (χ0n) is 10.0. The third-order valence-electron chi connectivity index (χ3n) is 2.65. The van der Waals surface area contributed by atoms with Crippen LogP contribution in [0.3, 0.4) is 0 Å². The summed E-state index contributed by atoms with van der Waals surface area (Å²) in [7, 11) is 0. The van der Waals surface area contributed by atoms with Crippen LogP contribution in [-0.4, -0.2) is 6.54 Å². The highest BCUT2D eigenvalue weighted by atomic mass is 79.9. The lowest BCUT2D eigenvalue weighted by Crippen LogP contribution is -2.21. The molecule has 0 aliphatic rings. The van der Waals surface area contributed by atoms with Crippen molar-refractivity contribution >= 4 is 54.8 Å². The second kappa shape index (κ2) is 6.68. The Bertz CT molecular complexity index is 569. The van der Waals surface area contributed by atoms with Crippen LogP contribution in [0.15, 0.2) is 33.2 Å². The fourth-order valence-electron chi connectivity index (χ4n) is 1.82. The SMILES string of the molecule is CCNC(c1cc(Br)c(Cl)s1)c1cccc(F)c1Br. The number of nitrogens with one attached hydrogen (secondary N) is 1. The zero-order valence-corrected chi connectivity index (χ0v) is 14.8. The number of rotatable bonds is 4. The van der Waals surface area contributed by atoms with Crippen LogP contribution in [0.1, 0.15) is 23.4 Å². The van der Waals surface area contributed by atoms with Crippen molar-refractivity contribution in [3.8, 4) is 0 Å². The quantitative estimate of drug-likeness (QED) is 0.654. The summed E-state index contributed by atoms with van der Waals surface area (Å²) in [5, 5.41) is 3.36. The molecular weight excluding hydrogens is 416 g/mol. The summed E-state index contributed by atoms with van der Waals surface area (Å²) in [6.45, 7) is 2.80. The van der Waals surface area contributed by atoms with E-state index in [2.05, 4.69) is 37.2 Å². The van der Waals surface area contributed by atoms with Crippen LogP contribution < -0.4 is 5.32 Å². The van der Waals surface area contributed by atoms with E-state index in [9.17, 15) is 4.39 Å². The number of thiophene rings is 1. The second-order valence-corrected chi connectivity index (χ2v) is 7.24. The first kappa shape index (κ1) is 15.4. The van der Waals surface area contributed by atoms with Crippen LogP contribution in [0.5, 0.6) is 0 Å². The number of hydrogen-bond acceptors (Lipinski definition) is 2. The molecule has 6 heteroatoms. The molecule has 1 atom stereocenters. The van der Waals surface area contributed by atoms with Gasteiger partial charge in [0.2, 0.25) is 0 Å². The first-order valence-corrected chi connectivity index (χ1v) is 8.44. The molecule has 1 nitrogen and oxygen atoms in total. The standard InChI is InChI=1S/C13H11Br2ClFNS/c1-2-18-12(10-6-8(14)13(16)19-10)7-4-3-5-9(17)11(7)15/h3-6,12,18H,2H2,1H3. The molecule has 1 aromatic heterocycles. The molecular formula is C13H11Br2ClFNS. The maximum absolute atomic E-state index is 13.7. The lowest BCUT2D eigenvalue weighted by atomic mass is 10.1. The Kier molecular flexibility index (Phi) is 5.43. The molecule has 0 aliphatic carbocycles. The maximum Gasteiger partial charge on any atom is 0.137 e. The Hall–Kier alpha value is 0.0600. The summed E-state index contributed by atoms with van der Waals surface area (Å²) < 4.78 is 15.7. The lowest BCUT2D eigenvalue weighted by Gasteiger charge is -2.18. The third kappa shape index (κ3) is 3.39. The van der Waals surface area contributed by atoms with Gasteiger partial charge in [-0.15, -0.1) is 11.3 Å².